The molecule has 3 aromatic carbocycles. The zero-order valence-electron chi connectivity index (χ0n) is 23.6. The number of nitrogens with zero attached hydrogens (tertiary/aromatic N) is 4. The van der Waals surface area contributed by atoms with E-state index >= 15 is 0 Å². The lowest BCUT2D eigenvalue weighted by atomic mass is 9.94. The highest BCUT2D eigenvalue weighted by Gasteiger charge is 2.37. The normalized spacial score (nSPS) is 15.2. The van der Waals surface area contributed by atoms with Crippen molar-refractivity contribution in [3.63, 3.8) is 0 Å². The lowest BCUT2D eigenvalue weighted by Crippen LogP contribution is -2.49. The van der Waals surface area contributed by atoms with Crippen molar-refractivity contribution in [2.75, 3.05) is 12.0 Å². The van der Waals surface area contributed by atoms with E-state index in [9.17, 15) is 14.4 Å². The first kappa shape index (κ1) is 28.0. The Morgan fingerprint density at radius 2 is 1.63 bits per heavy atom. The summed E-state index contributed by atoms with van der Waals surface area (Å²) < 4.78 is 6.94. The van der Waals surface area contributed by atoms with Crippen molar-refractivity contribution in [2.24, 2.45) is 0 Å². The van der Waals surface area contributed by atoms with Crippen molar-refractivity contribution in [1.29, 1.82) is 0 Å². The molecule has 9 nitrogen and oxygen atoms in total. The van der Waals surface area contributed by atoms with Crippen LogP contribution in [-0.4, -0.2) is 45.7 Å². The van der Waals surface area contributed by atoms with Crippen LogP contribution in [0.15, 0.2) is 72.8 Å². The molecule has 0 radical (unpaired) electrons. The summed E-state index contributed by atoms with van der Waals surface area (Å²) in [6.45, 7) is 3.25. The van der Waals surface area contributed by atoms with E-state index < -0.39 is 12.1 Å². The largest absolute Gasteiger partial charge is 0.497 e. The Morgan fingerprint density at radius 3 is 2.29 bits per heavy atom. The number of para-hydroxylation sites is 1. The molecular formula is C32H35N5O4. The monoisotopic (exact) mass is 553 g/mol. The van der Waals surface area contributed by atoms with Crippen molar-refractivity contribution in [3.8, 4) is 5.75 Å². The maximum atomic E-state index is 14.5. The molecule has 0 unspecified atom stereocenters. The van der Waals surface area contributed by atoms with Crippen molar-refractivity contribution in [2.45, 2.75) is 64.1 Å². The molecule has 1 aromatic heterocycles. The predicted molar refractivity (Wildman–Crippen MR) is 157 cm³/mol. The number of nitrogens with one attached hydrogen (secondary N) is 1. The number of methoxy groups -OCH3 is 1. The lowest BCUT2D eigenvalue weighted by Gasteiger charge is -2.35. The zero-order valence-corrected chi connectivity index (χ0v) is 23.6. The maximum Gasteiger partial charge on any atom is 0.252 e. The summed E-state index contributed by atoms with van der Waals surface area (Å²) >= 11 is 0. The average molecular weight is 554 g/mol. The number of benzene rings is 3. The van der Waals surface area contributed by atoms with E-state index in [0.717, 1.165) is 32.1 Å². The molecule has 2 amide bonds. The number of hydrogen-bond acceptors (Lipinski definition) is 6. The van der Waals surface area contributed by atoms with E-state index in [1.165, 1.54) is 11.8 Å². The van der Waals surface area contributed by atoms with Crippen LogP contribution in [-0.2, 0) is 9.59 Å². The maximum absolute atomic E-state index is 14.5. The SMILES string of the molecule is COc1ccc([C@H](C(=O)NC2CCCCC2)N(C(=O)[C@@H](C)n2nnc3ccccc32)c2ccc(C(C)=O)cc2)cc1. The van der Waals surface area contributed by atoms with Crippen LogP contribution in [0.1, 0.15) is 74.0 Å². The van der Waals surface area contributed by atoms with Crippen LogP contribution in [0.3, 0.4) is 0 Å². The number of ether oxygens (including phenoxy) is 1. The molecule has 2 atom stereocenters. The van der Waals surface area contributed by atoms with Gasteiger partial charge in [-0.3, -0.25) is 19.3 Å². The fraction of sp³-hybridized carbons (Fsp3) is 0.344. The quantitative estimate of drug-likeness (QED) is 0.277. The molecule has 1 aliphatic rings. The number of amides is 2. The fourth-order valence-electron chi connectivity index (χ4n) is 5.47. The molecule has 1 heterocycles. The molecule has 41 heavy (non-hydrogen) atoms. The summed E-state index contributed by atoms with van der Waals surface area (Å²) in [4.78, 5) is 42.2. The van der Waals surface area contributed by atoms with Crippen LogP contribution >= 0.6 is 0 Å². The van der Waals surface area contributed by atoms with Gasteiger partial charge in [0.2, 0.25) is 5.91 Å². The molecule has 0 saturated heterocycles. The minimum atomic E-state index is -0.976. The van der Waals surface area contributed by atoms with Gasteiger partial charge in [0.15, 0.2) is 5.78 Å². The van der Waals surface area contributed by atoms with Gasteiger partial charge in [0.05, 0.1) is 12.6 Å². The lowest BCUT2D eigenvalue weighted by molar-refractivity contribution is -0.128. The van der Waals surface area contributed by atoms with E-state index in [-0.39, 0.29) is 23.6 Å². The first-order valence-electron chi connectivity index (χ1n) is 14.1. The fourth-order valence-corrected chi connectivity index (χ4v) is 5.47. The zero-order chi connectivity index (χ0) is 28.9. The van der Waals surface area contributed by atoms with Crippen LogP contribution in [0.4, 0.5) is 5.69 Å². The molecule has 1 N–H and O–H groups in total. The van der Waals surface area contributed by atoms with Crippen molar-refractivity contribution < 1.29 is 19.1 Å². The van der Waals surface area contributed by atoms with E-state index in [4.69, 9.17) is 4.74 Å². The molecular weight excluding hydrogens is 518 g/mol. The minimum Gasteiger partial charge on any atom is -0.497 e. The average Bonchev–Trinajstić information content (AvgIpc) is 3.44. The molecule has 0 bridgehead atoms. The number of Topliss-reactive ketones (excluding diaryl/α,β-unsaturated/α-hetero) is 1. The van der Waals surface area contributed by atoms with Gasteiger partial charge in [0.25, 0.3) is 5.91 Å². The Bertz CT molecular complexity index is 1520. The Labute approximate surface area is 239 Å². The number of ketones is 1. The van der Waals surface area contributed by atoms with Gasteiger partial charge in [-0.25, -0.2) is 4.68 Å². The molecule has 9 heteroatoms. The topological polar surface area (TPSA) is 106 Å². The predicted octanol–water partition coefficient (Wildman–Crippen LogP) is 5.43. The van der Waals surface area contributed by atoms with Crippen molar-refractivity contribution >= 4 is 34.3 Å². The standard InChI is InChI=1S/C32H35N5O4/c1-21(37-29-12-8-7-11-28(29)34-35-37)32(40)36(26-17-13-23(14-18-26)22(2)38)30(24-15-19-27(41-3)20-16-24)31(39)33-25-9-5-4-6-10-25/h7-8,11-21,25,30H,4-6,9-10H2,1-3H3,(H,33,39)/t21-,30-/m1/s1. The number of rotatable bonds is 9. The smallest absolute Gasteiger partial charge is 0.252 e. The number of aromatic nitrogens is 3. The van der Waals surface area contributed by atoms with Gasteiger partial charge in [-0.2, -0.15) is 0 Å². The van der Waals surface area contributed by atoms with Crippen LogP contribution in [0.2, 0.25) is 0 Å². The number of anilines is 1. The van der Waals surface area contributed by atoms with Crippen LogP contribution < -0.4 is 15.0 Å². The molecule has 0 spiro atoms. The highest BCUT2D eigenvalue weighted by Crippen LogP contribution is 2.33. The van der Waals surface area contributed by atoms with Gasteiger partial charge in [-0.05, 0) is 80.8 Å². The van der Waals surface area contributed by atoms with Gasteiger partial charge < -0.3 is 10.1 Å². The Hall–Kier alpha value is -4.53. The minimum absolute atomic E-state index is 0.0470. The third kappa shape index (κ3) is 5.99. The summed E-state index contributed by atoms with van der Waals surface area (Å²) in [6.07, 6.45) is 5.09. The number of fused-ring (bicyclic) bond motifs is 1. The molecule has 1 saturated carbocycles. The summed E-state index contributed by atoms with van der Waals surface area (Å²) in [6, 6.07) is 19.7. The summed E-state index contributed by atoms with van der Waals surface area (Å²) in [7, 11) is 1.58. The van der Waals surface area contributed by atoms with E-state index in [1.54, 1.807) is 55.1 Å². The van der Waals surface area contributed by atoms with Crippen LogP contribution in [0.5, 0.6) is 5.75 Å². The second-order valence-corrected chi connectivity index (χ2v) is 10.5. The molecule has 1 fully saturated rings. The summed E-state index contributed by atoms with van der Waals surface area (Å²) in [5, 5.41) is 11.7. The summed E-state index contributed by atoms with van der Waals surface area (Å²) in [5.74, 6) is -0.0393. The first-order chi connectivity index (χ1) is 19.9. The van der Waals surface area contributed by atoms with Gasteiger partial charge in [-0.15, -0.1) is 5.10 Å². The third-order valence-corrected chi connectivity index (χ3v) is 7.78. The van der Waals surface area contributed by atoms with Gasteiger partial charge in [0, 0.05) is 17.3 Å². The van der Waals surface area contributed by atoms with Gasteiger partial charge in [0.1, 0.15) is 23.3 Å². The van der Waals surface area contributed by atoms with Crippen LogP contribution in [0.25, 0.3) is 11.0 Å². The van der Waals surface area contributed by atoms with Crippen molar-refractivity contribution in [3.05, 3.63) is 83.9 Å². The van der Waals surface area contributed by atoms with Gasteiger partial charge >= 0.3 is 0 Å². The number of carbonyl (C=O) groups is 3. The molecule has 212 valence electrons. The summed E-state index contributed by atoms with van der Waals surface area (Å²) in [5.41, 5.74) is 3.04. The highest BCUT2D eigenvalue weighted by molar-refractivity contribution is 6.04. The Morgan fingerprint density at radius 1 is 0.951 bits per heavy atom. The molecule has 1 aliphatic carbocycles. The van der Waals surface area contributed by atoms with Gasteiger partial charge in [-0.1, -0.05) is 48.7 Å². The highest BCUT2D eigenvalue weighted by atomic mass is 16.5. The number of hydrogen-bond donors (Lipinski definition) is 1. The van der Waals surface area contributed by atoms with Crippen molar-refractivity contribution in [1.82, 2.24) is 20.3 Å². The second-order valence-electron chi connectivity index (χ2n) is 10.5. The Kier molecular flexibility index (Phi) is 8.42. The van der Waals surface area contributed by atoms with Crippen LogP contribution in [0, 0.1) is 0 Å². The first-order valence-corrected chi connectivity index (χ1v) is 14.1. The number of carbonyl (C=O) groups excluding carboxylic acids is 3. The molecule has 0 aliphatic heterocycles. The molecule has 5 rings (SSSR count). The van der Waals surface area contributed by atoms with E-state index in [2.05, 4.69) is 15.6 Å². The third-order valence-electron chi connectivity index (χ3n) is 7.78. The second kappa shape index (κ2) is 12.3. The molecule has 4 aromatic rings. The Balaban J connectivity index is 1.61. The van der Waals surface area contributed by atoms with E-state index in [1.807, 2.05) is 36.4 Å². The van der Waals surface area contributed by atoms with E-state index in [0.29, 0.717) is 33.6 Å².